The van der Waals surface area contributed by atoms with Crippen LogP contribution in [-0.4, -0.2) is 16.9 Å². The lowest BCUT2D eigenvalue weighted by molar-refractivity contribution is -0.122. The van der Waals surface area contributed by atoms with Crippen LogP contribution in [0.5, 0.6) is 5.75 Å². The van der Waals surface area contributed by atoms with Crippen LogP contribution in [0.4, 0.5) is 5.69 Å². The zero-order valence-electron chi connectivity index (χ0n) is 17.2. The molecule has 1 saturated heterocycles. The molecule has 1 N–H and O–H groups in total. The van der Waals surface area contributed by atoms with Crippen LogP contribution in [0.2, 0.25) is 10.0 Å². The van der Waals surface area contributed by atoms with E-state index in [9.17, 15) is 9.59 Å². The topological polar surface area (TPSA) is 58.6 Å². The average Bonchev–Trinajstić information content (AvgIpc) is 2.79. The molecule has 0 aromatic heterocycles. The Bertz CT molecular complexity index is 1330. The maximum atomic E-state index is 13.3. The lowest BCUT2D eigenvalue weighted by Gasteiger charge is -2.29. The van der Waals surface area contributed by atoms with E-state index in [4.69, 9.17) is 40.2 Å². The van der Waals surface area contributed by atoms with Gasteiger partial charge in [0, 0.05) is 0 Å². The summed E-state index contributed by atoms with van der Waals surface area (Å²) in [4.78, 5) is 27.0. The van der Waals surface area contributed by atoms with E-state index in [1.165, 1.54) is 6.08 Å². The van der Waals surface area contributed by atoms with Crippen LogP contribution in [0.25, 0.3) is 6.08 Å². The Labute approximate surface area is 227 Å². The first kappa shape index (κ1) is 24.9. The molecule has 1 fully saturated rings. The highest BCUT2D eigenvalue weighted by Gasteiger charge is 2.35. The Morgan fingerprint density at radius 1 is 1.00 bits per heavy atom. The zero-order chi connectivity index (χ0) is 24.4. The van der Waals surface area contributed by atoms with E-state index < -0.39 is 11.8 Å². The molecular formula is C24H14Br2Cl2N2O3S. The number of amides is 2. The number of nitrogens with zero attached hydrogens (tertiary/aromatic N) is 1. The number of thiocarbonyl (C=S) groups is 1. The van der Waals surface area contributed by atoms with Crippen LogP contribution >= 0.6 is 67.3 Å². The fourth-order valence-corrected chi connectivity index (χ4v) is 5.34. The summed E-state index contributed by atoms with van der Waals surface area (Å²) >= 11 is 24.6. The fourth-order valence-electron chi connectivity index (χ4n) is 3.24. The van der Waals surface area contributed by atoms with Crippen LogP contribution in [0.1, 0.15) is 11.1 Å². The van der Waals surface area contributed by atoms with Gasteiger partial charge < -0.3 is 4.74 Å². The molecule has 34 heavy (non-hydrogen) atoms. The Kier molecular flexibility index (Phi) is 7.74. The van der Waals surface area contributed by atoms with E-state index >= 15 is 0 Å². The van der Waals surface area contributed by atoms with Gasteiger partial charge in [-0.3, -0.25) is 19.8 Å². The molecule has 3 aromatic rings. The van der Waals surface area contributed by atoms with Gasteiger partial charge in [-0.1, -0.05) is 59.6 Å². The van der Waals surface area contributed by atoms with Gasteiger partial charge >= 0.3 is 0 Å². The van der Waals surface area contributed by atoms with Crippen molar-refractivity contribution in [3.05, 3.63) is 96.4 Å². The van der Waals surface area contributed by atoms with Gasteiger partial charge in [-0.05, 0) is 85.5 Å². The molecule has 172 valence electrons. The van der Waals surface area contributed by atoms with Crippen LogP contribution in [0.15, 0.2) is 75.2 Å². The second-order valence-corrected chi connectivity index (χ2v) is 10.00. The van der Waals surface area contributed by atoms with Gasteiger partial charge in [-0.2, -0.15) is 0 Å². The van der Waals surface area contributed by atoms with Crippen LogP contribution in [0.3, 0.4) is 0 Å². The summed E-state index contributed by atoms with van der Waals surface area (Å²) in [5.41, 5.74) is 1.78. The number of hydrogen-bond acceptors (Lipinski definition) is 4. The number of halogens is 4. The fraction of sp³-hybridized carbons (Fsp3) is 0.0417. The molecule has 2 amide bonds. The second kappa shape index (κ2) is 10.6. The Morgan fingerprint density at radius 3 is 2.35 bits per heavy atom. The molecule has 5 nitrogen and oxygen atoms in total. The number of carbonyl (C=O) groups is 2. The largest absolute Gasteiger partial charge is 0.487 e. The minimum Gasteiger partial charge on any atom is -0.487 e. The number of anilines is 1. The third-order valence-corrected chi connectivity index (χ3v) is 7.10. The number of nitrogens with one attached hydrogen (secondary N) is 1. The maximum absolute atomic E-state index is 13.3. The van der Waals surface area contributed by atoms with Crippen molar-refractivity contribution in [3.63, 3.8) is 0 Å². The minimum atomic E-state index is -0.616. The number of carbonyl (C=O) groups excluding carboxylic acids is 2. The SMILES string of the molecule is O=C1NC(=S)N(c2cccc(Cl)c2Cl)C(=O)/C1=C/c1cc(Br)c(OCc2ccccc2)c(Br)c1. The molecule has 0 saturated carbocycles. The highest BCUT2D eigenvalue weighted by atomic mass is 79.9. The highest BCUT2D eigenvalue weighted by Crippen LogP contribution is 2.37. The molecule has 0 radical (unpaired) electrons. The van der Waals surface area contributed by atoms with Crippen molar-refractivity contribution in [1.29, 1.82) is 0 Å². The summed E-state index contributed by atoms with van der Waals surface area (Å²) in [7, 11) is 0. The smallest absolute Gasteiger partial charge is 0.270 e. The summed E-state index contributed by atoms with van der Waals surface area (Å²) in [6.07, 6.45) is 1.47. The first-order valence-electron chi connectivity index (χ1n) is 9.77. The zero-order valence-corrected chi connectivity index (χ0v) is 22.7. The van der Waals surface area contributed by atoms with Crippen molar-refractivity contribution in [2.24, 2.45) is 0 Å². The van der Waals surface area contributed by atoms with E-state index in [0.717, 1.165) is 10.5 Å². The van der Waals surface area contributed by atoms with Gasteiger partial charge in [0.2, 0.25) is 0 Å². The first-order valence-corrected chi connectivity index (χ1v) is 12.5. The van der Waals surface area contributed by atoms with Crippen molar-refractivity contribution in [1.82, 2.24) is 5.32 Å². The molecule has 0 aliphatic carbocycles. The van der Waals surface area contributed by atoms with Gasteiger partial charge in [-0.25, -0.2) is 0 Å². The van der Waals surface area contributed by atoms with Gasteiger partial charge in [-0.15, -0.1) is 0 Å². The predicted octanol–water partition coefficient (Wildman–Crippen LogP) is 6.93. The van der Waals surface area contributed by atoms with Crippen molar-refractivity contribution in [3.8, 4) is 5.75 Å². The number of hydrogen-bond donors (Lipinski definition) is 1. The van der Waals surface area contributed by atoms with Gasteiger partial charge in [0.05, 0.1) is 24.7 Å². The molecule has 0 spiro atoms. The normalized spacial score (nSPS) is 15.0. The summed E-state index contributed by atoms with van der Waals surface area (Å²) in [6, 6.07) is 18.1. The lowest BCUT2D eigenvalue weighted by Crippen LogP contribution is -2.54. The monoisotopic (exact) mass is 638 g/mol. The van der Waals surface area contributed by atoms with Crippen molar-refractivity contribution in [2.45, 2.75) is 6.61 Å². The maximum Gasteiger partial charge on any atom is 0.270 e. The molecule has 0 atom stereocenters. The summed E-state index contributed by atoms with van der Waals surface area (Å²) in [6.45, 7) is 0.381. The third-order valence-electron chi connectivity index (χ3n) is 4.83. The second-order valence-electron chi connectivity index (χ2n) is 7.12. The number of rotatable bonds is 5. The van der Waals surface area contributed by atoms with Crippen molar-refractivity contribution < 1.29 is 14.3 Å². The summed E-state index contributed by atoms with van der Waals surface area (Å²) in [5.74, 6) is -0.630. The Hall–Kier alpha value is -2.23. The molecule has 4 rings (SSSR count). The Balaban J connectivity index is 1.64. The predicted molar refractivity (Wildman–Crippen MR) is 145 cm³/mol. The quantitative estimate of drug-likeness (QED) is 0.187. The molecule has 1 heterocycles. The van der Waals surface area contributed by atoms with Gasteiger partial charge in [0.25, 0.3) is 11.8 Å². The highest BCUT2D eigenvalue weighted by molar-refractivity contribution is 9.11. The first-order chi connectivity index (χ1) is 16.3. The molecular weight excluding hydrogens is 627 g/mol. The molecule has 1 aliphatic heterocycles. The Morgan fingerprint density at radius 2 is 1.68 bits per heavy atom. The van der Waals surface area contributed by atoms with E-state index in [0.29, 0.717) is 26.9 Å². The van der Waals surface area contributed by atoms with Crippen LogP contribution in [0, 0.1) is 0 Å². The van der Waals surface area contributed by atoms with E-state index in [-0.39, 0.29) is 26.4 Å². The number of benzene rings is 3. The standard InChI is InChI=1S/C24H14Br2Cl2N2O3S/c25-16-10-14(11-17(26)21(16)33-12-13-5-2-1-3-6-13)9-15-22(31)29-24(34)30(23(15)32)19-8-4-7-18(27)20(19)28/h1-11H,12H2,(H,29,31,34)/b15-9+. The average molecular weight is 641 g/mol. The van der Waals surface area contributed by atoms with Crippen molar-refractivity contribution in [2.75, 3.05) is 4.90 Å². The van der Waals surface area contributed by atoms with Gasteiger partial charge in [0.1, 0.15) is 17.9 Å². The lowest BCUT2D eigenvalue weighted by atomic mass is 10.1. The van der Waals surface area contributed by atoms with Crippen LogP contribution in [-0.2, 0) is 16.2 Å². The molecule has 3 aromatic carbocycles. The van der Waals surface area contributed by atoms with Gasteiger partial charge in [0.15, 0.2) is 5.11 Å². The van der Waals surface area contributed by atoms with Crippen LogP contribution < -0.4 is 15.0 Å². The molecule has 1 aliphatic rings. The summed E-state index contributed by atoms with van der Waals surface area (Å²) < 4.78 is 7.24. The summed E-state index contributed by atoms with van der Waals surface area (Å²) in [5, 5.41) is 2.87. The third kappa shape index (κ3) is 5.21. The van der Waals surface area contributed by atoms with Crippen molar-refractivity contribution >= 4 is 96.0 Å². The minimum absolute atomic E-state index is 0.0802. The molecule has 0 bridgehead atoms. The van der Waals surface area contributed by atoms with E-state index in [1.54, 1.807) is 30.3 Å². The molecule has 10 heteroatoms. The molecule has 0 unspecified atom stereocenters. The number of ether oxygens (including phenoxy) is 1. The van der Waals surface area contributed by atoms with E-state index in [1.807, 2.05) is 30.3 Å². The van der Waals surface area contributed by atoms with E-state index in [2.05, 4.69) is 37.2 Å².